The van der Waals surface area contributed by atoms with Crippen molar-refractivity contribution in [3.05, 3.63) is 75.9 Å². The summed E-state index contributed by atoms with van der Waals surface area (Å²) < 4.78 is 0. The molecule has 0 aromatic heterocycles. The largest absolute Gasteiger partial charge is 0.168 e. The van der Waals surface area contributed by atoms with Gasteiger partial charge >= 0.3 is 0 Å². The van der Waals surface area contributed by atoms with Gasteiger partial charge in [-0.1, -0.05) is 33.4 Å². The summed E-state index contributed by atoms with van der Waals surface area (Å²) in [6.07, 6.45) is 4.68. The monoisotopic (exact) mass is 467 g/mol. The first-order valence-electron chi connectivity index (χ1n) is 7.43. The van der Waals surface area contributed by atoms with Gasteiger partial charge in [-0.3, -0.25) is 0 Å². The van der Waals surface area contributed by atoms with Crippen LogP contribution in [-0.2, 0) is 26.2 Å². The number of hydrogen-bond donors (Lipinski definition) is 0. The van der Waals surface area contributed by atoms with Gasteiger partial charge in [0.2, 0.25) is 0 Å². The van der Waals surface area contributed by atoms with E-state index in [0.29, 0.717) is 0 Å². The number of allylic oxidation sites excluding steroid dienone is 6. The van der Waals surface area contributed by atoms with Crippen molar-refractivity contribution in [2.75, 3.05) is 0 Å². The Kier molecular flexibility index (Phi) is 7.37. The zero-order valence-electron chi connectivity index (χ0n) is 14.0. The van der Waals surface area contributed by atoms with Crippen LogP contribution in [0, 0.1) is 0 Å². The van der Waals surface area contributed by atoms with E-state index >= 15 is 0 Å². The predicted octanol–water partition coefficient (Wildman–Crippen LogP) is 6.46. The van der Waals surface area contributed by atoms with Gasteiger partial charge in [0.05, 0.1) is 0 Å². The maximum atomic E-state index is 2.47. The van der Waals surface area contributed by atoms with Crippen LogP contribution in [0.15, 0.2) is 75.9 Å². The molecule has 0 amide bonds. The third-order valence-electron chi connectivity index (χ3n) is 4.68. The van der Waals surface area contributed by atoms with Gasteiger partial charge in [-0.15, -0.1) is 54.5 Å². The van der Waals surface area contributed by atoms with E-state index in [1.54, 1.807) is 26.6 Å². The predicted molar refractivity (Wildman–Crippen MR) is 112 cm³/mol. The molecule has 3 aliphatic rings. The quantitative estimate of drug-likeness (QED) is 0.236. The minimum atomic E-state index is -1.09. The first kappa shape index (κ1) is 21.9. The molecule has 0 spiro atoms. The zero-order chi connectivity index (χ0) is 14.6. The molecule has 2 heterocycles. The van der Waals surface area contributed by atoms with E-state index in [1.165, 1.54) is 19.0 Å². The molecule has 24 heavy (non-hydrogen) atoms. The molecule has 0 saturated heterocycles. The molecule has 0 N–H and O–H groups in total. The summed E-state index contributed by atoms with van der Waals surface area (Å²) in [5.41, 5.74) is 1.64. The second-order valence-electron chi connectivity index (χ2n) is 6.36. The van der Waals surface area contributed by atoms with Crippen molar-refractivity contribution in [3.8, 4) is 0 Å². The topological polar surface area (TPSA) is 0 Å². The summed E-state index contributed by atoms with van der Waals surface area (Å²) in [7, 11) is 0.396. The molecule has 0 nitrogen and oxygen atoms in total. The SMILES string of the molecule is CC1=PC2=CC=C3C2=C1[Si]3(C)C.Cl.Cl.[Zr].c1ccc2[cH-]ccc2c1. The molecule has 2 aliphatic heterocycles. The van der Waals surface area contributed by atoms with Crippen LogP contribution in [-0.4, -0.2) is 13.4 Å². The Balaban J connectivity index is 0.000000220. The molecule has 0 unspecified atom stereocenters. The average molecular weight is 470 g/mol. The first-order chi connectivity index (χ1) is 10.1. The van der Waals surface area contributed by atoms with Crippen LogP contribution < -0.4 is 0 Å². The summed E-state index contributed by atoms with van der Waals surface area (Å²) in [5, 5.41) is 9.33. The molecule has 0 saturated carbocycles. The molecule has 0 bridgehead atoms. The first-order valence-corrected chi connectivity index (χ1v) is 11.3. The normalized spacial score (nSPS) is 18.4. The van der Waals surface area contributed by atoms with Crippen LogP contribution in [0.4, 0.5) is 0 Å². The van der Waals surface area contributed by atoms with Crippen LogP contribution in [0.2, 0.25) is 13.1 Å². The maximum Gasteiger partial charge on any atom is 0.114 e. The molecule has 0 fully saturated rings. The summed E-state index contributed by atoms with van der Waals surface area (Å²) in [5.74, 6) is 0. The Labute approximate surface area is 178 Å². The molecule has 5 heteroatoms. The average Bonchev–Trinajstić information content (AvgIpc) is 3.09. The molecule has 5 rings (SSSR count). The van der Waals surface area contributed by atoms with E-state index in [1.807, 2.05) is 0 Å². The van der Waals surface area contributed by atoms with Gasteiger partial charge < -0.3 is 0 Å². The van der Waals surface area contributed by atoms with Crippen molar-refractivity contribution >= 4 is 57.2 Å². The van der Waals surface area contributed by atoms with Crippen LogP contribution in [0.3, 0.4) is 0 Å². The second kappa shape index (κ2) is 8.07. The van der Waals surface area contributed by atoms with Crippen LogP contribution in [0.5, 0.6) is 0 Å². The smallest absolute Gasteiger partial charge is 0.114 e. The van der Waals surface area contributed by atoms with Crippen LogP contribution in [0.25, 0.3) is 10.8 Å². The number of rotatable bonds is 0. The Hall–Kier alpha value is -0.100. The summed E-state index contributed by atoms with van der Waals surface area (Å²) in [4.78, 5) is 0. The van der Waals surface area contributed by atoms with Gasteiger partial charge in [0, 0.05) is 31.5 Å². The zero-order valence-corrected chi connectivity index (χ0v) is 19.9. The standard InChI is InChI=1S/C10H11PSi.C9H7.2ClH.Zr/c1-6-10-9-7(11-6)4-5-8(9)12(10,2)3;1-2-5-9-7-3-6-8(9)4-1;;;/h4-5H,1-3H3;1-7H;2*1H;/q;-1;;;. The number of halogens is 2. The molecule has 1 aliphatic carbocycles. The van der Waals surface area contributed by atoms with Crippen molar-refractivity contribution in [1.29, 1.82) is 0 Å². The second-order valence-corrected chi connectivity index (χ2v) is 12.0. The third kappa shape index (κ3) is 3.29. The minimum Gasteiger partial charge on any atom is -0.168 e. The fourth-order valence-electron chi connectivity index (χ4n) is 3.67. The van der Waals surface area contributed by atoms with Gasteiger partial charge in [-0.05, 0) is 34.3 Å². The van der Waals surface area contributed by atoms with Gasteiger partial charge in [-0.2, -0.15) is 17.5 Å². The summed E-state index contributed by atoms with van der Waals surface area (Å²) in [6, 6.07) is 14.7. The maximum absolute atomic E-state index is 2.47. The molecule has 0 radical (unpaired) electrons. The Morgan fingerprint density at radius 3 is 2.42 bits per heavy atom. The van der Waals surface area contributed by atoms with Crippen molar-refractivity contribution in [2.45, 2.75) is 20.0 Å². The molecular formula is C19H20Cl2PSiZr-. The van der Waals surface area contributed by atoms with Gasteiger partial charge in [0.25, 0.3) is 0 Å². The fraction of sp³-hybridized carbons (Fsp3) is 0.158. The van der Waals surface area contributed by atoms with Crippen LogP contribution >= 0.6 is 33.0 Å². The minimum absolute atomic E-state index is 0. The molecule has 2 aromatic rings. The molecule has 2 aromatic carbocycles. The van der Waals surface area contributed by atoms with E-state index < -0.39 is 8.07 Å². The molecular weight excluding hydrogens is 449 g/mol. The van der Waals surface area contributed by atoms with Crippen molar-refractivity contribution in [3.63, 3.8) is 0 Å². The molecule has 0 atom stereocenters. The van der Waals surface area contributed by atoms with Crippen molar-refractivity contribution in [1.82, 2.24) is 0 Å². The number of benzene rings is 1. The number of hydrogen-bond acceptors (Lipinski definition) is 0. The van der Waals surface area contributed by atoms with Gasteiger partial charge in [0.1, 0.15) is 8.07 Å². The Morgan fingerprint density at radius 2 is 1.71 bits per heavy atom. The van der Waals surface area contributed by atoms with Crippen molar-refractivity contribution < 1.29 is 26.2 Å². The Bertz CT molecular complexity index is 857. The fourth-order valence-corrected chi connectivity index (χ4v) is 9.23. The number of fused-ring (bicyclic) bond motifs is 1. The molecule has 124 valence electrons. The van der Waals surface area contributed by atoms with E-state index in [4.69, 9.17) is 0 Å². The summed E-state index contributed by atoms with van der Waals surface area (Å²) in [6.45, 7) is 7.24. The van der Waals surface area contributed by atoms with Crippen molar-refractivity contribution in [2.24, 2.45) is 0 Å². The van der Waals surface area contributed by atoms with E-state index in [2.05, 4.69) is 74.6 Å². The van der Waals surface area contributed by atoms with E-state index in [9.17, 15) is 0 Å². The van der Waals surface area contributed by atoms with E-state index in [-0.39, 0.29) is 51.0 Å². The van der Waals surface area contributed by atoms with E-state index in [0.717, 1.165) is 0 Å². The van der Waals surface area contributed by atoms with Crippen LogP contribution in [0.1, 0.15) is 6.92 Å². The third-order valence-corrected chi connectivity index (χ3v) is 9.70. The summed E-state index contributed by atoms with van der Waals surface area (Å²) >= 11 is 0. The van der Waals surface area contributed by atoms with Gasteiger partial charge in [-0.25, -0.2) is 0 Å². The van der Waals surface area contributed by atoms with Gasteiger partial charge in [0.15, 0.2) is 0 Å². The Morgan fingerprint density at radius 1 is 1.00 bits per heavy atom.